The molecule has 0 aliphatic rings. The minimum absolute atomic E-state index is 0.417. The fourth-order valence-electron chi connectivity index (χ4n) is 1.21. The third kappa shape index (κ3) is 4.35. The van der Waals surface area contributed by atoms with Gasteiger partial charge in [0.05, 0.1) is 16.3 Å². The van der Waals surface area contributed by atoms with Crippen LogP contribution in [0.4, 0.5) is 5.69 Å². The summed E-state index contributed by atoms with van der Waals surface area (Å²) in [4.78, 5) is 3.88. The fourth-order valence-corrected chi connectivity index (χ4v) is 1.40. The first-order valence-electron chi connectivity index (χ1n) is 5.10. The summed E-state index contributed by atoms with van der Waals surface area (Å²) in [5, 5.41) is 13.6. The van der Waals surface area contributed by atoms with E-state index < -0.39 is 5.60 Å². The molecule has 0 spiro atoms. The van der Waals surface area contributed by atoms with Crippen LogP contribution >= 0.6 is 11.6 Å². The van der Waals surface area contributed by atoms with Gasteiger partial charge >= 0.3 is 0 Å². The van der Waals surface area contributed by atoms with Crippen LogP contribution in [0.25, 0.3) is 0 Å². The van der Waals surface area contributed by atoms with Crippen LogP contribution in [0.2, 0.25) is 5.02 Å². The van der Waals surface area contributed by atoms with E-state index in [0.717, 1.165) is 5.69 Å². The molecule has 1 heterocycles. The van der Waals surface area contributed by atoms with Gasteiger partial charge < -0.3 is 15.2 Å². The topological polar surface area (TPSA) is 54.4 Å². The molecule has 1 unspecified atom stereocenters. The number of halogens is 1. The Morgan fingerprint density at radius 3 is 3.00 bits per heavy atom. The van der Waals surface area contributed by atoms with E-state index in [1.807, 2.05) is 0 Å². The first-order chi connectivity index (χ1) is 7.55. The average molecular weight is 245 g/mol. The van der Waals surface area contributed by atoms with Gasteiger partial charge in [-0.25, -0.2) is 0 Å². The minimum atomic E-state index is -0.817. The number of nitrogens with zero attached hydrogens (tertiary/aromatic N) is 1. The zero-order valence-corrected chi connectivity index (χ0v) is 10.3. The van der Waals surface area contributed by atoms with Gasteiger partial charge in [-0.1, -0.05) is 11.6 Å². The lowest BCUT2D eigenvalue weighted by Crippen LogP contribution is -2.34. The molecule has 0 amide bonds. The second kappa shape index (κ2) is 6.03. The number of hydrogen-bond acceptors (Lipinski definition) is 4. The summed E-state index contributed by atoms with van der Waals surface area (Å²) in [7, 11) is 1.61. The third-order valence-corrected chi connectivity index (χ3v) is 2.58. The molecule has 0 saturated heterocycles. The lowest BCUT2D eigenvalue weighted by molar-refractivity contribution is 0.0357. The molecular formula is C11H17ClN2O2. The van der Waals surface area contributed by atoms with Crippen molar-refractivity contribution < 1.29 is 9.84 Å². The Labute approximate surface area is 101 Å². The van der Waals surface area contributed by atoms with E-state index in [2.05, 4.69) is 10.3 Å². The van der Waals surface area contributed by atoms with Gasteiger partial charge in [-0.3, -0.25) is 4.98 Å². The van der Waals surface area contributed by atoms with E-state index in [-0.39, 0.29) is 0 Å². The molecule has 0 aliphatic carbocycles. The van der Waals surface area contributed by atoms with Crippen LogP contribution in [0.1, 0.15) is 13.3 Å². The van der Waals surface area contributed by atoms with Crippen molar-refractivity contribution in [3.63, 3.8) is 0 Å². The van der Waals surface area contributed by atoms with E-state index in [4.69, 9.17) is 16.3 Å². The van der Waals surface area contributed by atoms with Crippen LogP contribution in [-0.4, -0.2) is 36.0 Å². The molecule has 0 radical (unpaired) electrons. The van der Waals surface area contributed by atoms with Gasteiger partial charge in [0, 0.05) is 39.1 Å². The van der Waals surface area contributed by atoms with Gasteiger partial charge in [0.15, 0.2) is 0 Å². The van der Waals surface area contributed by atoms with Crippen LogP contribution in [0, 0.1) is 0 Å². The molecule has 1 aromatic rings. The number of aliphatic hydroxyl groups is 1. The summed E-state index contributed by atoms with van der Waals surface area (Å²) in [5.41, 5.74) is -0.0443. The van der Waals surface area contributed by atoms with Crippen molar-refractivity contribution >= 4 is 17.3 Å². The summed E-state index contributed by atoms with van der Waals surface area (Å²) < 4.78 is 4.93. The normalized spacial score (nSPS) is 14.5. The monoisotopic (exact) mass is 244 g/mol. The molecule has 1 rings (SSSR count). The van der Waals surface area contributed by atoms with E-state index in [9.17, 15) is 5.11 Å². The van der Waals surface area contributed by atoms with Gasteiger partial charge in [0.25, 0.3) is 0 Å². The SMILES string of the molecule is COCCC(C)(O)CNc1ccncc1Cl. The highest BCUT2D eigenvalue weighted by atomic mass is 35.5. The number of hydrogen-bond donors (Lipinski definition) is 2. The number of aromatic nitrogens is 1. The Morgan fingerprint density at radius 2 is 2.38 bits per heavy atom. The molecule has 0 bridgehead atoms. The van der Waals surface area contributed by atoms with Crippen molar-refractivity contribution in [2.75, 3.05) is 25.6 Å². The summed E-state index contributed by atoms with van der Waals surface area (Å²) in [6.45, 7) is 2.70. The number of ether oxygens (including phenoxy) is 1. The first kappa shape index (κ1) is 13.2. The van der Waals surface area contributed by atoms with Crippen LogP contribution in [0.15, 0.2) is 18.5 Å². The minimum Gasteiger partial charge on any atom is -0.388 e. The lowest BCUT2D eigenvalue weighted by Gasteiger charge is -2.24. The molecule has 5 heteroatoms. The molecule has 1 aromatic heterocycles. The van der Waals surface area contributed by atoms with Gasteiger partial charge in [0.2, 0.25) is 0 Å². The van der Waals surface area contributed by atoms with Crippen molar-refractivity contribution in [3.8, 4) is 0 Å². The molecule has 90 valence electrons. The van der Waals surface area contributed by atoms with E-state index >= 15 is 0 Å². The van der Waals surface area contributed by atoms with Crippen molar-refractivity contribution in [2.24, 2.45) is 0 Å². The van der Waals surface area contributed by atoms with Crippen LogP contribution in [0.5, 0.6) is 0 Å². The molecule has 1 atom stereocenters. The fraction of sp³-hybridized carbons (Fsp3) is 0.545. The predicted molar refractivity (Wildman–Crippen MR) is 64.9 cm³/mol. The quantitative estimate of drug-likeness (QED) is 0.803. The van der Waals surface area contributed by atoms with Crippen LogP contribution in [-0.2, 0) is 4.74 Å². The highest BCUT2D eigenvalue weighted by Crippen LogP contribution is 2.20. The number of methoxy groups -OCH3 is 1. The molecular weight excluding hydrogens is 228 g/mol. The van der Waals surface area contributed by atoms with Crippen molar-refractivity contribution in [3.05, 3.63) is 23.5 Å². The second-order valence-electron chi connectivity index (χ2n) is 3.95. The van der Waals surface area contributed by atoms with Gasteiger partial charge in [-0.2, -0.15) is 0 Å². The van der Waals surface area contributed by atoms with Crippen molar-refractivity contribution in [1.82, 2.24) is 4.98 Å². The summed E-state index contributed by atoms with van der Waals surface area (Å²) in [5.74, 6) is 0. The maximum atomic E-state index is 10.00. The summed E-state index contributed by atoms with van der Waals surface area (Å²) >= 11 is 5.93. The number of pyridine rings is 1. The highest BCUT2D eigenvalue weighted by Gasteiger charge is 2.19. The zero-order valence-electron chi connectivity index (χ0n) is 9.53. The lowest BCUT2D eigenvalue weighted by atomic mass is 10.0. The Bertz CT molecular complexity index is 332. The Hall–Kier alpha value is -0.840. The Balaban J connectivity index is 2.47. The van der Waals surface area contributed by atoms with Crippen LogP contribution in [0.3, 0.4) is 0 Å². The van der Waals surface area contributed by atoms with E-state index in [1.165, 1.54) is 0 Å². The number of nitrogens with one attached hydrogen (secondary N) is 1. The summed E-state index contributed by atoms with van der Waals surface area (Å²) in [6, 6.07) is 1.77. The summed E-state index contributed by atoms with van der Waals surface area (Å²) in [6.07, 6.45) is 3.78. The van der Waals surface area contributed by atoms with Crippen LogP contribution < -0.4 is 5.32 Å². The van der Waals surface area contributed by atoms with Crippen molar-refractivity contribution in [2.45, 2.75) is 18.9 Å². The van der Waals surface area contributed by atoms with Gasteiger partial charge in [0.1, 0.15) is 0 Å². The molecule has 0 aromatic carbocycles. The van der Waals surface area contributed by atoms with E-state index in [1.54, 1.807) is 32.5 Å². The molecule has 2 N–H and O–H groups in total. The molecule has 0 fully saturated rings. The van der Waals surface area contributed by atoms with Gasteiger partial charge in [-0.05, 0) is 13.0 Å². The van der Waals surface area contributed by atoms with Crippen molar-refractivity contribution in [1.29, 1.82) is 0 Å². The second-order valence-corrected chi connectivity index (χ2v) is 4.36. The standard InChI is InChI=1S/C11H17ClN2O2/c1-11(15,4-6-16-2)8-14-10-3-5-13-7-9(10)12/h3,5,7,15H,4,6,8H2,1-2H3,(H,13,14). The number of anilines is 1. The van der Waals surface area contributed by atoms with E-state index in [0.29, 0.717) is 24.6 Å². The average Bonchev–Trinajstić information content (AvgIpc) is 2.26. The smallest absolute Gasteiger partial charge is 0.0820 e. The Kier molecular flexibility index (Phi) is 4.99. The third-order valence-electron chi connectivity index (χ3n) is 2.28. The maximum absolute atomic E-state index is 10.00. The first-order valence-corrected chi connectivity index (χ1v) is 5.48. The molecule has 0 saturated carbocycles. The molecule has 0 aliphatic heterocycles. The van der Waals surface area contributed by atoms with Gasteiger partial charge in [-0.15, -0.1) is 0 Å². The Morgan fingerprint density at radius 1 is 1.62 bits per heavy atom. The predicted octanol–water partition coefficient (Wildman–Crippen LogP) is 1.93. The highest BCUT2D eigenvalue weighted by molar-refractivity contribution is 6.33. The molecule has 4 nitrogen and oxygen atoms in total. The molecule has 16 heavy (non-hydrogen) atoms. The zero-order chi connectivity index (χ0) is 12.0. The number of rotatable bonds is 6. The largest absolute Gasteiger partial charge is 0.388 e. The maximum Gasteiger partial charge on any atom is 0.0820 e.